The quantitative estimate of drug-likeness (QED) is 0.377. The van der Waals surface area contributed by atoms with Crippen molar-refractivity contribution in [1.82, 2.24) is 29.1 Å². The molecule has 0 saturated heterocycles. The van der Waals surface area contributed by atoms with Crippen LogP contribution in [0.3, 0.4) is 0 Å². The summed E-state index contributed by atoms with van der Waals surface area (Å²) in [5, 5.41) is 9.36. The largest absolute Gasteiger partial charge is 0.493 e. The standard InChI is InChI=1S/C26H22FN7O/c1-3-4-23-31-24-15(2)30-26(33-14-29-19-7-5-16(13-28)11-21(19)33)32-25(24)34(23)20-9-10-35-22-8-6-17(27)12-18(20)22/h5-8,11-12,14,20H,3-4,9-10H2,1-2H3/t20-/m1/s1. The maximum absolute atomic E-state index is 14.3. The van der Waals surface area contributed by atoms with Crippen LogP contribution >= 0.6 is 0 Å². The molecule has 0 N–H and O–H groups in total. The molecule has 0 amide bonds. The van der Waals surface area contributed by atoms with Crippen LogP contribution < -0.4 is 4.74 Å². The van der Waals surface area contributed by atoms with E-state index in [0.717, 1.165) is 46.5 Å². The molecule has 6 rings (SSSR count). The molecule has 1 aliphatic rings. The van der Waals surface area contributed by atoms with Crippen molar-refractivity contribution in [1.29, 1.82) is 5.26 Å². The third-order valence-corrected chi connectivity index (χ3v) is 6.43. The van der Waals surface area contributed by atoms with E-state index < -0.39 is 0 Å². The molecule has 1 atom stereocenters. The van der Waals surface area contributed by atoms with Crippen LogP contribution in [-0.2, 0) is 6.42 Å². The number of aromatic nitrogens is 6. The zero-order chi connectivity index (χ0) is 24.1. The first kappa shape index (κ1) is 21.2. The topological polar surface area (TPSA) is 94.4 Å². The molecule has 0 fully saturated rings. The van der Waals surface area contributed by atoms with Crippen molar-refractivity contribution in [3.63, 3.8) is 0 Å². The van der Waals surface area contributed by atoms with Crippen LogP contribution in [0.15, 0.2) is 42.7 Å². The first-order valence-electron chi connectivity index (χ1n) is 11.6. The van der Waals surface area contributed by atoms with Gasteiger partial charge in [-0.05, 0) is 49.7 Å². The lowest BCUT2D eigenvalue weighted by molar-refractivity contribution is 0.255. The van der Waals surface area contributed by atoms with Crippen molar-refractivity contribution < 1.29 is 9.13 Å². The van der Waals surface area contributed by atoms with Crippen LogP contribution in [0, 0.1) is 24.1 Å². The molecule has 0 unspecified atom stereocenters. The Bertz CT molecular complexity index is 1650. The molecule has 1 aliphatic heterocycles. The van der Waals surface area contributed by atoms with E-state index >= 15 is 0 Å². The Kier molecular flexibility index (Phi) is 4.95. The zero-order valence-corrected chi connectivity index (χ0v) is 19.4. The van der Waals surface area contributed by atoms with E-state index in [1.54, 1.807) is 35.2 Å². The van der Waals surface area contributed by atoms with Crippen LogP contribution in [0.5, 0.6) is 5.75 Å². The summed E-state index contributed by atoms with van der Waals surface area (Å²) in [5.41, 5.74) is 4.98. The van der Waals surface area contributed by atoms with Crippen molar-refractivity contribution in [2.75, 3.05) is 6.61 Å². The van der Waals surface area contributed by atoms with E-state index in [1.807, 2.05) is 13.0 Å². The van der Waals surface area contributed by atoms with Crippen molar-refractivity contribution in [3.8, 4) is 17.8 Å². The van der Waals surface area contributed by atoms with Gasteiger partial charge in [0.05, 0.1) is 41.0 Å². The lowest BCUT2D eigenvalue weighted by atomic mass is 9.99. The number of aryl methyl sites for hydroxylation is 2. The highest BCUT2D eigenvalue weighted by molar-refractivity contribution is 5.80. The normalized spacial score (nSPS) is 15.2. The summed E-state index contributed by atoms with van der Waals surface area (Å²) in [6.07, 6.45) is 4.01. The van der Waals surface area contributed by atoms with Crippen LogP contribution in [-0.4, -0.2) is 35.7 Å². The molecule has 3 aromatic heterocycles. The molecule has 0 spiro atoms. The Labute approximate surface area is 200 Å². The Balaban J connectivity index is 1.60. The number of imidazole rings is 2. The Morgan fingerprint density at radius 2 is 2.06 bits per heavy atom. The molecule has 35 heavy (non-hydrogen) atoms. The molecule has 0 aliphatic carbocycles. The van der Waals surface area contributed by atoms with Crippen molar-refractivity contribution in [2.45, 2.75) is 39.2 Å². The van der Waals surface area contributed by atoms with Crippen LogP contribution in [0.25, 0.3) is 28.1 Å². The number of halogens is 1. The number of hydrogen-bond acceptors (Lipinski definition) is 6. The van der Waals surface area contributed by atoms with Gasteiger partial charge in [-0.1, -0.05) is 6.92 Å². The fourth-order valence-electron chi connectivity index (χ4n) is 4.83. The molecule has 2 aromatic carbocycles. The zero-order valence-electron chi connectivity index (χ0n) is 19.4. The molecular formula is C26H22FN7O. The SMILES string of the molecule is CCCc1nc2c(C)nc(-n3cnc4ccc(C#N)cc43)nc2n1[C@@H]1CCOc2ccc(F)cc21. The molecule has 0 saturated carbocycles. The average Bonchev–Trinajstić information content (AvgIpc) is 3.45. The number of ether oxygens (including phenoxy) is 1. The van der Waals surface area contributed by atoms with Crippen molar-refractivity contribution >= 4 is 22.2 Å². The molecular weight excluding hydrogens is 445 g/mol. The number of nitriles is 1. The Hall–Kier alpha value is -4.32. The molecule has 174 valence electrons. The van der Waals surface area contributed by atoms with Gasteiger partial charge in [-0.3, -0.25) is 4.57 Å². The Morgan fingerprint density at radius 3 is 2.89 bits per heavy atom. The van der Waals surface area contributed by atoms with E-state index in [0.29, 0.717) is 35.9 Å². The van der Waals surface area contributed by atoms with E-state index in [-0.39, 0.29) is 11.9 Å². The molecule has 0 radical (unpaired) electrons. The fourth-order valence-corrected chi connectivity index (χ4v) is 4.83. The number of fused-ring (bicyclic) bond motifs is 3. The van der Waals surface area contributed by atoms with E-state index in [2.05, 4.69) is 22.5 Å². The summed E-state index contributed by atoms with van der Waals surface area (Å²) in [7, 11) is 0. The summed E-state index contributed by atoms with van der Waals surface area (Å²) in [6.45, 7) is 4.54. The van der Waals surface area contributed by atoms with Gasteiger partial charge in [0.2, 0.25) is 5.95 Å². The minimum absolute atomic E-state index is 0.159. The number of hydrogen-bond donors (Lipinski definition) is 0. The monoisotopic (exact) mass is 467 g/mol. The van der Waals surface area contributed by atoms with Gasteiger partial charge in [0, 0.05) is 18.4 Å². The maximum Gasteiger partial charge on any atom is 0.237 e. The van der Waals surface area contributed by atoms with Gasteiger partial charge < -0.3 is 9.30 Å². The van der Waals surface area contributed by atoms with Crippen molar-refractivity contribution in [3.05, 3.63) is 71.2 Å². The van der Waals surface area contributed by atoms with Gasteiger partial charge in [-0.25, -0.2) is 19.3 Å². The highest BCUT2D eigenvalue weighted by atomic mass is 19.1. The molecule has 4 heterocycles. The Morgan fingerprint density at radius 1 is 1.17 bits per heavy atom. The molecule has 9 heteroatoms. The number of rotatable bonds is 4. The minimum atomic E-state index is -0.301. The summed E-state index contributed by atoms with van der Waals surface area (Å²) in [6, 6.07) is 12.0. The van der Waals surface area contributed by atoms with Gasteiger partial charge in [0.15, 0.2) is 5.65 Å². The number of benzene rings is 2. The average molecular weight is 468 g/mol. The lowest BCUT2D eigenvalue weighted by Gasteiger charge is -2.28. The summed E-state index contributed by atoms with van der Waals surface area (Å²) in [4.78, 5) is 19.1. The third-order valence-electron chi connectivity index (χ3n) is 6.43. The van der Waals surface area contributed by atoms with Gasteiger partial charge >= 0.3 is 0 Å². The smallest absolute Gasteiger partial charge is 0.237 e. The van der Waals surface area contributed by atoms with E-state index in [9.17, 15) is 9.65 Å². The second-order valence-electron chi connectivity index (χ2n) is 8.69. The van der Waals surface area contributed by atoms with Crippen LogP contribution in [0.4, 0.5) is 4.39 Å². The van der Waals surface area contributed by atoms with Gasteiger partial charge in [-0.2, -0.15) is 10.2 Å². The number of nitrogens with zero attached hydrogens (tertiary/aromatic N) is 7. The van der Waals surface area contributed by atoms with Crippen LogP contribution in [0.1, 0.15) is 48.5 Å². The second kappa shape index (κ2) is 8.17. The van der Waals surface area contributed by atoms with Crippen LogP contribution in [0.2, 0.25) is 0 Å². The highest BCUT2D eigenvalue weighted by Gasteiger charge is 2.29. The lowest BCUT2D eigenvalue weighted by Crippen LogP contribution is -2.22. The maximum atomic E-state index is 14.3. The van der Waals surface area contributed by atoms with Gasteiger partial charge in [-0.15, -0.1) is 0 Å². The molecule has 5 aromatic rings. The summed E-state index contributed by atoms with van der Waals surface area (Å²) in [5.74, 6) is 1.72. The summed E-state index contributed by atoms with van der Waals surface area (Å²) >= 11 is 0. The first-order chi connectivity index (χ1) is 17.1. The predicted octanol–water partition coefficient (Wildman–Crippen LogP) is 4.81. The predicted molar refractivity (Wildman–Crippen MR) is 128 cm³/mol. The second-order valence-corrected chi connectivity index (χ2v) is 8.69. The highest BCUT2D eigenvalue weighted by Crippen LogP contribution is 2.38. The summed E-state index contributed by atoms with van der Waals surface area (Å²) < 4.78 is 24.0. The van der Waals surface area contributed by atoms with Gasteiger partial charge in [0.25, 0.3) is 0 Å². The first-order valence-corrected chi connectivity index (χ1v) is 11.6. The third kappa shape index (κ3) is 3.41. The van der Waals surface area contributed by atoms with E-state index in [4.69, 9.17) is 19.7 Å². The van der Waals surface area contributed by atoms with Crippen molar-refractivity contribution in [2.24, 2.45) is 0 Å². The molecule has 8 nitrogen and oxygen atoms in total. The molecule has 0 bridgehead atoms. The minimum Gasteiger partial charge on any atom is -0.493 e. The fraction of sp³-hybridized carbons (Fsp3) is 0.269. The van der Waals surface area contributed by atoms with Gasteiger partial charge in [0.1, 0.15) is 29.2 Å². The van der Waals surface area contributed by atoms with E-state index in [1.165, 1.54) is 6.07 Å².